The number of carbonyl (C=O) groups is 1. The average Bonchev–Trinajstić information content (AvgIpc) is 3.28. The van der Waals surface area contributed by atoms with Crippen molar-refractivity contribution >= 4 is 5.97 Å². The van der Waals surface area contributed by atoms with Gasteiger partial charge in [0.1, 0.15) is 0 Å². The fourth-order valence-electron chi connectivity index (χ4n) is 13.3. The lowest BCUT2D eigenvalue weighted by molar-refractivity contribution is -0.236. The molecule has 5 saturated carbocycles. The summed E-state index contributed by atoms with van der Waals surface area (Å²) in [5, 5.41) is 8.39. The Hall–Kier alpha value is -0.530. The maximum Gasteiger partial charge on any atom is 0.303 e. The van der Waals surface area contributed by atoms with Crippen molar-refractivity contribution in [2.45, 2.75) is 191 Å². The number of hydrogen-bond donors (Lipinski definition) is 1. The maximum atomic E-state index is 10.2. The summed E-state index contributed by atoms with van der Waals surface area (Å²) in [6.07, 6.45) is 26.7. The highest BCUT2D eigenvalue weighted by molar-refractivity contribution is 5.66. The minimum atomic E-state index is -0.661. The van der Waals surface area contributed by atoms with Gasteiger partial charge in [0.2, 0.25) is 0 Å². The van der Waals surface area contributed by atoms with Gasteiger partial charge in [-0.25, -0.2) is 0 Å². The Morgan fingerprint density at radius 1 is 0.698 bits per heavy atom. The number of aliphatic carboxylic acids is 1. The minimum Gasteiger partial charge on any atom is -0.481 e. The first-order chi connectivity index (χ1) is 20.2. The van der Waals surface area contributed by atoms with Gasteiger partial charge in [-0.1, -0.05) is 114 Å². The van der Waals surface area contributed by atoms with Gasteiger partial charge in [-0.15, -0.1) is 0 Å². The van der Waals surface area contributed by atoms with Crippen molar-refractivity contribution in [1.29, 1.82) is 0 Å². The van der Waals surface area contributed by atoms with Crippen molar-refractivity contribution in [2.24, 2.45) is 62.6 Å². The first kappa shape index (κ1) is 35.3. The smallest absolute Gasteiger partial charge is 0.303 e. The van der Waals surface area contributed by atoms with Gasteiger partial charge in [-0.05, 0) is 133 Å². The zero-order valence-corrected chi connectivity index (χ0v) is 30.5. The number of hydrogen-bond acceptors (Lipinski definition) is 1. The lowest BCUT2D eigenvalue weighted by Gasteiger charge is -2.72. The molecule has 5 rings (SSSR count). The molecule has 0 bridgehead atoms. The molecule has 250 valence electrons. The number of fused-ring (bicyclic) bond motifs is 7. The molecule has 2 heteroatoms. The SMILES string of the molecule is CC(C)[C@@H]1CC[C@]2(C)CC[C@]3(C)[C@H](CC[C@@H]4[C@@]5(C)CCCC(C)(C)[C@@H]5CC[C@]43C)[C@@H]12.CCCCCCCCCCC(=O)O. The van der Waals surface area contributed by atoms with Crippen LogP contribution in [0.25, 0.3) is 0 Å². The van der Waals surface area contributed by atoms with Crippen molar-refractivity contribution < 1.29 is 9.90 Å². The summed E-state index contributed by atoms with van der Waals surface area (Å²) in [4.78, 5) is 10.2. The largest absolute Gasteiger partial charge is 0.481 e. The predicted octanol–water partition coefficient (Wildman–Crippen LogP) is 12.7. The standard InChI is InChI=1S/C30H52.C11H22O2/c1-20(2)21-12-16-27(5)18-19-29(7)22(25(21)27)10-11-24-28(6)15-9-14-26(3,4)23(28)13-17-30(24,29)8;1-2-3-4-5-6-7-8-9-10-11(12)13/h20-25H,9-19H2,1-8H3;2-10H2,1H3,(H,12,13)/t21-,22+,23-,24+,25+,27+,28-,29+,30+;/m0./s1. The lowest BCUT2D eigenvalue weighted by atomic mass is 9.32. The monoisotopic (exact) mass is 599 g/mol. The first-order valence-corrected chi connectivity index (χ1v) is 19.4. The second-order valence-electron chi connectivity index (χ2n) is 18.8. The van der Waals surface area contributed by atoms with Gasteiger partial charge in [-0.3, -0.25) is 4.79 Å². The fraction of sp³-hybridized carbons (Fsp3) is 0.976. The van der Waals surface area contributed by atoms with Crippen LogP contribution in [-0.4, -0.2) is 11.1 Å². The van der Waals surface area contributed by atoms with Crippen LogP contribution >= 0.6 is 0 Å². The number of carboxylic acids is 1. The Labute approximate surface area is 268 Å². The molecule has 0 spiro atoms. The molecule has 5 aliphatic rings. The molecule has 0 saturated heterocycles. The summed E-state index contributed by atoms with van der Waals surface area (Å²) < 4.78 is 0. The van der Waals surface area contributed by atoms with Crippen LogP contribution in [0.15, 0.2) is 0 Å². The van der Waals surface area contributed by atoms with Gasteiger partial charge in [0.15, 0.2) is 0 Å². The lowest BCUT2D eigenvalue weighted by Crippen LogP contribution is -2.65. The van der Waals surface area contributed by atoms with E-state index in [1.54, 1.807) is 6.42 Å². The number of unbranched alkanes of at least 4 members (excludes halogenated alkanes) is 7. The Bertz CT molecular complexity index is 921. The van der Waals surface area contributed by atoms with Gasteiger partial charge < -0.3 is 5.11 Å². The highest BCUT2D eigenvalue weighted by Gasteiger charge is 2.69. The molecule has 0 aromatic carbocycles. The van der Waals surface area contributed by atoms with Gasteiger partial charge in [0.25, 0.3) is 0 Å². The zero-order chi connectivity index (χ0) is 31.7. The molecule has 2 nitrogen and oxygen atoms in total. The van der Waals surface area contributed by atoms with Crippen LogP contribution in [-0.2, 0) is 4.79 Å². The van der Waals surface area contributed by atoms with Crippen LogP contribution < -0.4 is 0 Å². The van der Waals surface area contributed by atoms with Crippen LogP contribution in [0.4, 0.5) is 0 Å². The van der Waals surface area contributed by atoms with Crippen molar-refractivity contribution in [3.63, 3.8) is 0 Å². The normalized spacial score (nSPS) is 43.1. The molecule has 0 heterocycles. The number of rotatable bonds is 10. The summed E-state index contributed by atoms with van der Waals surface area (Å²) in [6.45, 7) is 23.6. The van der Waals surface area contributed by atoms with E-state index in [0.29, 0.717) is 33.5 Å². The van der Waals surface area contributed by atoms with Crippen molar-refractivity contribution in [3.05, 3.63) is 0 Å². The molecule has 0 amide bonds. The maximum absolute atomic E-state index is 10.2. The summed E-state index contributed by atoms with van der Waals surface area (Å²) in [7, 11) is 0. The van der Waals surface area contributed by atoms with E-state index < -0.39 is 5.97 Å². The fourth-order valence-corrected chi connectivity index (χ4v) is 13.3. The molecule has 9 atom stereocenters. The highest BCUT2D eigenvalue weighted by Crippen LogP contribution is 2.77. The van der Waals surface area contributed by atoms with E-state index in [0.717, 1.165) is 48.3 Å². The predicted molar refractivity (Wildman–Crippen MR) is 184 cm³/mol. The Balaban J connectivity index is 0.000000277. The Morgan fingerprint density at radius 3 is 1.98 bits per heavy atom. The van der Waals surface area contributed by atoms with Crippen LogP contribution in [0.3, 0.4) is 0 Å². The summed E-state index contributed by atoms with van der Waals surface area (Å²) >= 11 is 0. The van der Waals surface area contributed by atoms with E-state index in [-0.39, 0.29) is 0 Å². The molecule has 0 radical (unpaired) electrons. The quantitative estimate of drug-likeness (QED) is 0.254. The van der Waals surface area contributed by atoms with Crippen LogP contribution in [0.5, 0.6) is 0 Å². The molecular formula is C41H74O2. The molecule has 0 unspecified atom stereocenters. The van der Waals surface area contributed by atoms with Gasteiger partial charge in [0.05, 0.1) is 0 Å². The Morgan fingerprint density at radius 2 is 1.35 bits per heavy atom. The molecular weight excluding hydrogens is 524 g/mol. The van der Waals surface area contributed by atoms with E-state index in [9.17, 15) is 4.79 Å². The van der Waals surface area contributed by atoms with E-state index in [1.807, 2.05) is 0 Å². The van der Waals surface area contributed by atoms with E-state index in [1.165, 1.54) is 103 Å². The van der Waals surface area contributed by atoms with Gasteiger partial charge in [-0.2, -0.15) is 0 Å². The second-order valence-corrected chi connectivity index (χ2v) is 18.8. The molecule has 1 N–H and O–H groups in total. The molecule has 5 aliphatic carbocycles. The summed E-state index contributed by atoms with van der Waals surface area (Å²) in [5.41, 5.74) is 2.95. The zero-order valence-electron chi connectivity index (χ0n) is 30.5. The van der Waals surface area contributed by atoms with Crippen molar-refractivity contribution in [1.82, 2.24) is 0 Å². The second kappa shape index (κ2) is 13.7. The van der Waals surface area contributed by atoms with Gasteiger partial charge in [0, 0.05) is 6.42 Å². The topological polar surface area (TPSA) is 37.3 Å². The third kappa shape index (κ3) is 6.66. The first-order valence-electron chi connectivity index (χ1n) is 19.4. The molecule has 43 heavy (non-hydrogen) atoms. The van der Waals surface area contributed by atoms with Gasteiger partial charge >= 0.3 is 5.97 Å². The molecule has 5 fully saturated rings. The highest BCUT2D eigenvalue weighted by atomic mass is 16.4. The van der Waals surface area contributed by atoms with E-state index >= 15 is 0 Å². The molecule has 0 aliphatic heterocycles. The molecule has 0 aromatic heterocycles. The summed E-state index contributed by atoms with van der Waals surface area (Å²) in [6, 6.07) is 0. The minimum absolute atomic E-state index is 0.342. The van der Waals surface area contributed by atoms with Crippen LogP contribution in [0, 0.1) is 62.6 Å². The third-order valence-electron chi connectivity index (χ3n) is 15.7. The average molecular weight is 599 g/mol. The van der Waals surface area contributed by atoms with Crippen molar-refractivity contribution in [2.75, 3.05) is 0 Å². The van der Waals surface area contributed by atoms with Crippen LogP contribution in [0.2, 0.25) is 0 Å². The third-order valence-corrected chi connectivity index (χ3v) is 15.7. The summed E-state index contributed by atoms with van der Waals surface area (Å²) in [5.74, 6) is 5.11. The van der Waals surface area contributed by atoms with E-state index in [4.69, 9.17) is 5.11 Å². The van der Waals surface area contributed by atoms with Crippen LogP contribution in [0.1, 0.15) is 191 Å². The van der Waals surface area contributed by atoms with Crippen molar-refractivity contribution in [3.8, 4) is 0 Å². The number of carboxylic acid groups (broad SMARTS) is 1. The molecule has 0 aromatic rings. The van der Waals surface area contributed by atoms with E-state index in [2.05, 4.69) is 62.3 Å². The Kier molecular flexibility index (Phi) is 11.2.